The van der Waals surface area contributed by atoms with Crippen LogP contribution < -0.4 is 0 Å². The summed E-state index contributed by atoms with van der Waals surface area (Å²) in [6.45, 7) is 1.57. The van der Waals surface area contributed by atoms with E-state index < -0.39 is 0 Å². The van der Waals surface area contributed by atoms with Crippen LogP contribution in [0.1, 0.15) is 12.8 Å². The van der Waals surface area contributed by atoms with Gasteiger partial charge in [-0.05, 0) is 15.9 Å². The number of unbranched alkanes of at least 4 members (excludes halogenated alkanes) is 1. The molecule has 2 nitrogen and oxygen atoms in total. The van der Waals surface area contributed by atoms with Crippen LogP contribution >= 0.6 is 9.47 Å². The second kappa shape index (κ2) is 11.0. The monoisotopic (exact) mass is 357 g/mol. The minimum Gasteiger partial charge on any atom is -0.536 e. The van der Waals surface area contributed by atoms with Gasteiger partial charge in [0, 0.05) is 31.1 Å². The molecule has 0 aliphatic carbocycles. The average Bonchev–Trinajstić information content (AvgIpc) is 1.69. The van der Waals surface area contributed by atoms with Gasteiger partial charge in [-0.3, -0.25) is 0 Å². The smallest absolute Gasteiger partial charge is 0.117 e. The van der Waals surface area contributed by atoms with E-state index in [1.165, 1.54) is 0 Å². The predicted octanol–water partition coefficient (Wildman–Crippen LogP) is 0.934. The van der Waals surface area contributed by atoms with E-state index in [1.807, 2.05) is 0 Å². The maximum absolute atomic E-state index is 9.60. The summed E-state index contributed by atoms with van der Waals surface area (Å²) in [6, 6.07) is 0. The van der Waals surface area contributed by atoms with Crippen molar-refractivity contribution in [3.8, 4) is 0 Å². The maximum Gasteiger partial charge on any atom is 0.117 e. The Morgan fingerprint density at radius 3 is 2.75 bits per heavy atom. The molecule has 0 fully saturated rings. The van der Waals surface area contributed by atoms with E-state index in [9.17, 15) is 4.79 Å². The summed E-state index contributed by atoms with van der Waals surface area (Å²) in [5.41, 5.74) is 0. The van der Waals surface area contributed by atoms with Gasteiger partial charge in [-0.25, -0.2) is 6.61 Å². The third-order valence-electron chi connectivity index (χ3n) is 0.499. The van der Waals surface area contributed by atoms with Gasteiger partial charge in [0.05, 0.1) is 0 Å². The van der Waals surface area contributed by atoms with Crippen LogP contribution in [0.2, 0.25) is 0 Å². The van der Waals surface area contributed by atoms with E-state index in [2.05, 4.69) is 14.0 Å². The van der Waals surface area contributed by atoms with Gasteiger partial charge in [0.25, 0.3) is 0 Å². The van der Waals surface area contributed by atoms with Crippen LogP contribution in [0.25, 0.3) is 0 Å². The first-order chi connectivity index (χ1) is 3.41. The third-order valence-corrected chi connectivity index (χ3v) is 0.691. The number of hydrogen-bond donors (Lipinski definition) is 0. The Kier molecular flexibility index (Phi) is 16.3. The van der Waals surface area contributed by atoms with Crippen LogP contribution in [-0.4, -0.2) is 6.29 Å². The fourth-order valence-electron chi connectivity index (χ4n) is 0.204. The van der Waals surface area contributed by atoms with Crippen LogP contribution in [0, 0.1) is 37.7 Å². The largest absolute Gasteiger partial charge is 0.536 e. The molecule has 8 heavy (non-hydrogen) atoms. The van der Waals surface area contributed by atoms with E-state index in [-0.39, 0.29) is 31.1 Å². The second-order valence-electron chi connectivity index (χ2n) is 1.05. The maximum atomic E-state index is 9.60. The zero-order valence-electron chi connectivity index (χ0n) is 4.46. The Hall–Kier alpha value is 1.11. The number of carbonyl (C=O) groups excluding carboxylic acids is 1. The molecule has 0 aromatic carbocycles. The van der Waals surface area contributed by atoms with Gasteiger partial charge in [-0.1, -0.05) is 0 Å². The van der Waals surface area contributed by atoms with Gasteiger partial charge in [0.2, 0.25) is 0 Å². The quantitative estimate of drug-likeness (QED) is 0.324. The fourth-order valence-corrected chi connectivity index (χ4v) is 0.340. The zero-order chi connectivity index (χ0) is 5.54. The van der Waals surface area contributed by atoms with Crippen LogP contribution in [-0.2, 0) is 9.32 Å². The van der Waals surface area contributed by atoms with E-state index in [0.717, 1.165) is 6.29 Å². The Morgan fingerprint density at radius 2 is 2.38 bits per heavy atom. The molecule has 1 atom stereocenters. The minimum absolute atomic E-state index is 0. The SMILES string of the molecule is O=CCC[CH-]OP.[U]. The molecule has 46 valence electrons. The van der Waals surface area contributed by atoms with Crippen LogP contribution in [0.4, 0.5) is 0 Å². The molecule has 0 radical (unpaired) electrons. The molecule has 0 aliphatic heterocycles. The molecule has 0 amide bonds. The second-order valence-corrected chi connectivity index (χ2v) is 1.32. The molecule has 0 aromatic rings. The minimum atomic E-state index is 0. The van der Waals surface area contributed by atoms with Crippen molar-refractivity contribution in [3.05, 3.63) is 6.61 Å². The van der Waals surface area contributed by atoms with E-state index in [4.69, 9.17) is 0 Å². The molecule has 4 heteroatoms. The van der Waals surface area contributed by atoms with Crippen molar-refractivity contribution in [2.45, 2.75) is 12.8 Å². The number of hydrogen-bond acceptors (Lipinski definition) is 2. The number of carbonyl (C=O) groups is 1. The molecule has 0 saturated heterocycles. The molecule has 0 N–H and O–H groups in total. The first-order valence-electron chi connectivity index (χ1n) is 2.02. The van der Waals surface area contributed by atoms with Gasteiger partial charge in [0.1, 0.15) is 6.29 Å². The molecule has 0 heterocycles. The fraction of sp³-hybridized carbons (Fsp3) is 0.500. The molecule has 0 spiro atoms. The van der Waals surface area contributed by atoms with Crippen molar-refractivity contribution >= 4 is 15.8 Å². The Bertz CT molecular complexity index is 51.3. The summed E-state index contributed by atoms with van der Waals surface area (Å²) >= 11 is 0. The van der Waals surface area contributed by atoms with Crippen molar-refractivity contribution < 1.29 is 40.4 Å². The summed E-state index contributed by atoms with van der Waals surface area (Å²) < 4.78 is 4.48. The molecule has 0 saturated carbocycles. The average molecular weight is 357 g/mol. The first kappa shape index (κ1) is 11.9. The molecule has 0 bridgehead atoms. The molecule has 0 rings (SSSR count). The summed E-state index contributed by atoms with van der Waals surface area (Å²) in [7, 11) is 2.08. The van der Waals surface area contributed by atoms with Gasteiger partial charge in [0.15, 0.2) is 0 Å². The summed E-state index contributed by atoms with van der Waals surface area (Å²) in [5.74, 6) is 0. The molecular formula is C4H8O2PU-. The van der Waals surface area contributed by atoms with Crippen LogP contribution in [0.5, 0.6) is 0 Å². The van der Waals surface area contributed by atoms with Gasteiger partial charge in [-0.15, -0.1) is 0 Å². The first-order valence-corrected chi connectivity index (χ1v) is 2.50. The Balaban J connectivity index is 0. The van der Waals surface area contributed by atoms with Crippen molar-refractivity contribution in [1.82, 2.24) is 0 Å². The van der Waals surface area contributed by atoms with Gasteiger partial charge >= 0.3 is 0 Å². The van der Waals surface area contributed by atoms with Crippen LogP contribution in [0.3, 0.4) is 0 Å². The Morgan fingerprint density at radius 1 is 1.75 bits per heavy atom. The number of rotatable bonds is 4. The third kappa shape index (κ3) is 10.2. The molecule has 1 unspecified atom stereocenters. The van der Waals surface area contributed by atoms with Crippen molar-refractivity contribution in [3.63, 3.8) is 0 Å². The number of aldehydes is 1. The molecule has 0 aromatic heterocycles. The standard InChI is InChI=1S/C4H8O2P.U/c5-3-1-2-4-6-7;/h3-4H,1-2,7H2;/q-1;. The summed E-state index contributed by atoms with van der Waals surface area (Å²) in [5, 5.41) is 0. The van der Waals surface area contributed by atoms with Crippen LogP contribution in [0.15, 0.2) is 0 Å². The predicted molar refractivity (Wildman–Crippen MR) is 30.4 cm³/mol. The topological polar surface area (TPSA) is 26.3 Å². The summed E-state index contributed by atoms with van der Waals surface area (Å²) in [6.07, 6.45) is 2.11. The van der Waals surface area contributed by atoms with Gasteiger partial charge < -0.3 is 9.32 Å². The van der Waals surface area contributed by atoms with Gasteiger partial charge in [-0.2, -0.15) is 6.42 Å². The normalized spacial score (nSPS) is 7.62. The summed E-state index contributed by atoms with van der Waals surface area (Å²) in [4.78, 5) is 9.60. The van der Waals surface area contributed by atoms with E-state index in [0.29, 0.717) is 12.8 Å². The van der Waals surface area contributed by atoms with Crippen molar-refractivity contribution in [2.24, 2.45) is 0 Å². The molecular weight excluding hydrogens is 349 g/mol. The molecule has 0 aliphatic rings. The van der Waals surface area contributed by atoms with E-state index in [1.54, 1.807) is 6.61 Å². The van der Waals surface area contributed by atoms with Crippen molar-refractivity contribution in [2.75, 3.05) is 0 Å². The van der Waals surface area contributed by atoms with E-state index >= 15 is 0 Å². The van der Waals surface area contributed by atoms with Crippen molar-refractivity contribution in [1.29, 1.82) is 0 Å². The zero-order valence-corrected chi connectivity index (χ0v) is 9.78. The Labute approximate surface area is 75.4 Å².